The highest BCUT2D eigenvalue weighted by atomic mass is 16.5. The molecule has 0 bridgehead atoms. The first kappa shape index (κ1) is 23.6. The number of amides is 2. The molecule has 4 aliphatic rings. The van der Waals surface area contributed by atoms with E-state index in [9.17, 15) is 9.59 Å². The number of pyridine rings is 1. The largest absolute Gasteiger partial charge is 0.377 e. The summed E-state index contributed by atoms with van der Waals surface area (Å²) in [4.78, 5) is 34.7. The van der Waals surface area contributed by atoms with Gasteiger partial charge < -0.3 is 15.0 Å². The van der Waals surface area contributed by atoms with E-state index in [1.807, 2.05) is 19.3 Å². The first-order valence-corrected chi connectivity index (χ1v) is 13.3. The summed E-state index contributed by atoms with van der Waals surface area (Å²) in [5, 5.41) is 7.32. The summed E-state index contributed by atoms with van der Waals surface area (Å²) in [6, 6.07) is 5.73. The van der Waals surface area contributed by atoms with Crippen molar-refractivity contribution in [3.63, 3.8) is 0 Å². The molecule has 6 rings (SSSR count). The van der Waals surface area contributed by atoms with Gasteiger partial charge in [0.1, 0.15) is 23.6 Å². The lowest BCUT2D eigenvalue weighted by Gasteiger charge is -2.49. The van der Waals surface area contributed by atoms with Crippen molar-refractivity contribution in [2.45, 2.75) is 57.7 Å². The number of piperidine rings is 1. The molecule has 6 atom stereocenters. The number of aryl methyl sites for hydroxylation is 1. The Bertz CT molecular complexity index is 1180. The van der Waals surface area contributed by atoms with Gasteiger partial charge in [0.15, 0.2) is 5.69 Å². The lowest BCUT2D eigenvalue weighted by Crippen LogP contribution is -2.69. The van der Waals surface area contributed by atoms with Gasteiger partial charge >= 0.3 is 5.91 Å². The third kappa shape index (κ3) is 3.43. The van der Waals surface area contributed by atoms with Gasteiger partial charge in [-0.3, -0.25) is 9.48 Å². The molecule has 2 amide bonds. The van der Waals surface area contributed by atoms with Gasteiger partial charge in [0, 0.05) is 43.6 Å². The van der Waals surface area contributed by atoms with E-state index in [0.717, 1.165) is 37.3 Å². The SMILES string of the molecule is CC1COCCN1c1ccc([N+]2(C)C(=O)[C@@H](NC(=O)c3ccnn3C)C(C3CCC3)C3(C)CC32)cn1. The number of aromatic nitrogens is 3. The number of ether oxygens (including phenoxy) is 1. The van der Waals surface area contributed by atoms with E-state index in [-0.39, 0.29) is 39.7 Å². The molecule has 1 N–H and O–H groups in total. The number of carbonyl (C=O) groups excluding carboxylic acids is 2. The highest BCUT2D eigenvalue weighted by Gasteiger charge is 2.75. The maximum atomic E-state index is 14.4. The van der Waals surface area contributed by atoms with Crippen LogP contribution in [-0.2, 0) is 16.6 Å². The van der Waals surface area contributed by atoms with Crippen molar-refractivity contribution in [1.82, 2.24) is 24.6 Å². The summed E-state index contributed by atoms with van der Waals surface area (Å²) in [5.41, 5.74) is 1.37. The Kier molecular flexibility index (Phi) is 5.50. The van der Waals surface area contributed by atoms with Gasteiger partial charge in [0.05, 0.1) is 32.5 Å². The molecule has 0 radical (unpaired) electrons. The van der Waals surface area contributed by atoms with Crippen molar-refractivity contribution in [2.75, 3.05) is 31.7 Å². The van der Waals surface area contributed by atoms with E-state index in [1.54, 1.807) is 24.0 Å². The normalized spacial score (nSPS) is 36.2. The predicted octanol–water partition coefficient (Wildman–Crippen LogP) is 2.51. The molecule has 2 saturated carbocycles. The van der Waals surface area contributed by atoms with Crippen LogP contribution in [0.25, 0.3) is 0 Å². The smallest absolute Gasteiger partial charge is 0.341 e. The summed E-state index contributed by atoms with van der Waals surface area (Å²) in [7, 11) is 3.77. The van der Waals surface area contributed by atoms with Gasteiger partial charge in [-0.25, -0.2) is 14.3 Å². The minimum Gasteiger partial charge on any atom is -0.377 e. The third-order valence-corrected chi connectivity index (χ3v) is 9.63. The summed E-state index contributed by atoms with van der Waals surface area (Å²) in [6.07, 6.45) is 7.94. The van der Waals surface area contributed by atoms with Crippen molar-refractivity contribution in [1.29, 1.82) is 0 Å². The fourth-order valence-electron chi connectivity index (χ4n) is 7.24. The number of rotatable bonds is 5. The number of nitrogens with one attached hydrogen (secondary N) is 1. The number of morpholine rings is 1. The molecular formula is C27H37N6O3+. The fraction of sp³-hybridized carbons (Fsp3) is 0.630. The van der Waals surface area contributed by atoms with Crippen molar-refractivity contribution in [3.05, 3.63) is 36.3 Å². The van der Waals surface area contributed by atoms with Crippen molar-refractivity contribution in [2.24, 2.45) is 24.3 Å². The van der Waals surface area contributed by atoms with E-state index in [1.165, 1.54) is 6.42 Å². The molecule has 2 aliphatic carbocycles. The topological polar surface area (TPSA) is 89.4 Å². The predicted molar refractivity (Wildman–Crippen MR) is 136 cm³/mol. The number of hydrogen-bond donors (Lipinski definition) is 1. The quantitative estimate of drug-likeness (QED) is 0.644. The molecule has 0 spiro atoms. The Balaban J connectivity index is 1.33. The zero-order valence-corrected chi connectivity index (χ0v) is 21.7. The average Bonchev–Trinajstić information content (AvgIpc) is 3.36. The molecule has 4 fully saturated rings. The molecule has 36 heavy (non-hydrogen) atoms. The zero-order valence-electron chi connectivity index (χ0n) is 21.7. The Morgan fingerprint density at radius 2 is 2.08 bits per heavy atom. The lowest BCUT2D eigenvalue weighted by atomic mass is 9.64. The molecular weight excluding hydrogens is 456 g/mol. The summed E-state index contributed by atoms with van der Waals surface area (Å²) >= 11 is 0. The number of anilines is 1. The summed E-state index contributed by atoms with van der Waals surface area (Å²) in [5.74, 6) is 1.39. The highest BCUT2D eigenvalue weighted by Crippen LogP contribution is 2.65. The molecule has 192 valence electrons. The zero-order chi connectivity index (χ0) is 25.2. The van der Waals surface area contributed by atoms with Crippen molar-refractivity contribution >= 4 is 23.3 Å². The van der Waals surface area contributed by atoms with Crippen LogP contribution in [0.2, 0.25) is 0 Å². The van der Waals surface area contributed by atoms with E-state index >= 15 is 0 Å². The second-order valence-electron chi connectivity index (χ2n) is 11.6. The first-order valence-electron chi connectivity index (χ1n) is 13.3. The van der Waals surface area contributed by atoms with Crippen LogP contribution in [0.1, 0.15) is 50.0 Å². The van der Waals surface area contributed by atoms with Crippen molar-refractivity contribution in [3.8, 4) is 0 Å². The number of carbonyl (C=O) groups is 2. The monoisotopic (exact) mass is 493 g/mol. The minimum absolute atomic E-state index is 0.00947. The Morgan fingerprint density at radius 1 is 1.28 bits per heavy atom. The number of likely N-dealkylation sites (tertiary alicyclic amines) is 1. The molecule has 0 aromatic carbocycles. The maximum Gasteiger partial charge on any atom is 0.341 e. The second kappa shape index (κ2) is 8.38. The van der Waals surface area contributed by atoms with Crippen LogP contribution in [0.3, 0.4) is 0 Å². The number of fused-ring (bicyclic) bond motifs is 1. The molecule has 5 unspecified atom stereocenters. The van der Waals surface area contributed by atoms with Crippen LogP contribution in [0.15, 0.2) is 30.6 Å². The standard InChI is InChI=1S/C27H36N6O3/c1-17-16-36-13-12-32(17)22-9-8-19(15-28-22)33(4)21-14-27(21,2)23(18-6-5-7-18)24(26(33)35)30-25(34)20-10-11-29-31(20)3/h8-11,15,17-18,21,23-24H,5-7,12-14,16H2,1-4H3/p+1/t17?,21?,23?,24-,27?,33?/m0/s1. The Labute approximate surface area is 212 Å². The van der Waals surface area contributed by atoms with Gasteiger partial charge in [-0.05, 0) is 25.0 Å². The van der Waals surface area contributed by atoms with Crippen LogP contribution >= 0.6 is 0 Å². The van der Waals surface area contributed by atoms with E-state index in [4.69, 9.17) is 9.72 Å². The fourth-order valence-corrected chi connectivity index (χ4v) is 7.24. The van der Waals surface area contributed by atoms with E-state index in [0.29, 0.717) is 24.8 Å². The average molecular weight is 494 g/mol. The number of quaternary nitrogens is 1. The van der Waals surface area contributed by atoms with Crippen LogP contribution in [-0.4, -0.2) is 71.5 Å². The van der Waals surface area contributed by atoms with Gasteiger partial charge in [0.2, 0.25) is 0 Å². The van der Waals surface area contributed by atoms with E-state index < -0.39 is 6.04 Å². The molecule has 2 aliphatic heterocycles. The van der Waals surface area contributed by atoms with E-state index in [2.05, 4.69) is 35.2 Å². The number of hydrogen-bond acceptors (Lipinski definition) is 6. The first-order chi connectivity index (χ1) is 17.2. The minimum atomic E-state index is -0.537. The summed E-state index contributed by atoms with van der Waals surface area (Å²) in [6.45, 7) is 6.66. The molecule has 4 heterocycles. The number of nitrogens with zero attached hydrogens (tertiary/aromatic N) is 5. The van der Waals surface area contributed by atoms with Crippen LogP contribution in [0.4, 0.5) is 11.5 Å². The van der Waals surface area contributed by atoms with Crippen LogP contribution in [0, 0.1) is 17.3 Å². The van der Waals surface area contributed by atoms with Crippen molar-refractivity contribution < 1.29 is 14.3 Å². The molecule has 9 heteroatoms. The molecule has 9 nitrogen and oxygen atoms in total. The van der Waals surface area contributed by atoms with Crippen LogP contribution < -0.4 is 14.7 Å². The van der Waals surface area contributed by atoms with Gasteiger partial charge in [-0.15, -0.1) is 0 Å². The maximum absolute atomic E-state index is 14.4. The molecule has 2 saturated heterocycles. The summed E-state index contributed by atoms with van der Waals surface area (Å²) < 4.78 is 7.32. The second-order valence-corrected chi connectivity index (χ2v) is 11.6. The number of likely N-dealkylation sites (N-methyl/N-ethyl adjacent to an activating group) is 1. The van der Waals surface area contributed by atoms with Gasteiger partial charge in [0.25, 0.3) is 5.91 Å². The van der Waals surface area contributed by atoms with Crippen LogP contribution in [0.5, 0.6) is 0 Å². The van der Waals surface area contributed by atoms with Gasteiger partial charge in [-0.2, -0.15) is 5.10 Å². The lowest BCUT2D eigenvalue weighted by molar-refractivity contribution is -0.140. The third-order valence-electron chi connectivity index (χ3n) is 9.63. The van der Waals surface area contributed by atoms with Gasteiger partial charge in [-0.1, -0.05) is 26.2 Å². The highest BCUT2D eigenvalue weighted by molar-refractivity contribution is 6.01. The molecule has 2 aromatic rings. The Morgan fingerprint density at radius 3 is 2.69 bits per heavy atom. The molecule has 2 aromatic heterocycles. The Hall–Kier alpha value is -2.78.